The Labute approximate surface area is 174 Å². The predicted molar refractivity (Wildman–Crippen MR) is 114 cm³/mol. The first kappa shape index (κ1) is 18.8. The highest BCUT2D eigenvalue weighted by Crippen LogP contribution is 2.41. The second-order valence-electron chi connectivity index (χ2n) is 7.69. The molecule has 1 aromatic carbocycles. The maximum Gasteiger partial charge on any atom is 0.333 e. The smallest absolute Gasteiger partial charge is 0.333 e. The Balaban J connectivity index is 1.75. The van der Waals surface area contributed by atoms with Crippen molar-refractivity contribution >= 4 is 23.3 Å². The number of esters is 1. The first-order valence-corrected chi connectivity index (χ1v) is 10.2. The molecule has 1 unspecified atom stereocenters. The largest absolute Gasteiger partial charge is 0.464 e. The molecular formula is C23H23FN4O2. The van der Waals surface area contributed by atoms with E-state index >= 15 is 0 Å². The van der Waals surface area contributed by atoms with Crippen LogP contribution >= 0.6 is 0 Å². The van der Waals surface area contributed by atoms with Crippen molar-refractivity contribution in [3.8, 4) is 0 Å². The molecule has 30 heavy (non-hydrogen) atoms. The third-order valence-corrected chi connectivity index (χ3v) is 5.86. The number of nitrogens with zero attached hydrogens (tertiary/aromatic N) is 2. The van der Waals surface area contributed by atoms with Gasteiger partial charge in [0.05, 0.1) is 18.0 Å². The van der Waals surface area contributed by atoms with Gasteiger partial charge in [-0.05, 0) is 54.8 Å². The molecule has 3 aliphatic heterocycles. The third kappa shape index (κ3) is 2.89. The van der Waals surface area contributed by atoms with Crippen LogP contribution in [0.2, 0.25) is 0 Å². The summed E-state index contributed by atoms with van der Waals surface area (Å²) in [7, 11) is 1.86. The van der Waals surface area contributed by atoms with Crippen molar-refractivity contribution < 1.29 is 13.9 Å². The van der Waals surface area contributed by atoms with Crippen LogP contribution in [-0.2, 0) is 9.53 Å². The molecule has 0 aromatic heterocycles. The van der Waals surface area contributed by atoms with Gasteiger partial charge in [0.2, 0.25) is 0 Å². The molecule has 5 rings (SSSR count). The Bertz CT molecular complexity index is 1100. The molecule has 2 N–H and O–H groups in total. The minimum absolute atomic E-state index is 0.297. The van der Waals surface area contributed by atoms with Crippen LogP contribution in [0.15, 0.2) is 52.4 Å². The average molecular weight is 406 g/mol. The van der Waals surface area contributed by atoms with Gasteiger partial charge < -0.3 is 15.0 Å². The van der Waals surface area contributed by atoms with E-state index in [1.54, 1.807) is 13.0 Å². The number of ether oxygens (including phenoxy) is 1. The highest BCUT2D eigenvalue weighted by atomic mass is 19.1. The molecule has 3 heterocycles. The number of allylic oxidation sites excluding steroid dienone is 2. The van der Waals surface area contributed by atoms with Crippen LogP contribution in [0.3, 0.4) is 0 Å². The number of nitrogens with one attached hydrogen (secondary N) is 2. The Morgan fingerprint density at radius 2 is 2.23 bits per heavy atom. The molecule has 0 spiro atoms. The van der Waals surface area contributed by atoms with E-state index in [0.29, 0.717) is 6.61 Å². The summed E-state index contributed by atoms with van der Waals surface area (Å²) < 4.78 is 19.9. The Kier molecular flexibility index (Phi) is 4.55. The van der Waals surface area contributed by atoms with Gasteiger partial charge in [-0.2, -0.15) is 5.10 Å². The van der Waals surface area contributed by atoms with Crippen molar-refractivity contribution in [3.05, 3.63) is 69.8 Å². The Morgan fingerprint density at radius 1 is 1.37 bits per heavy atom. The maximum atomic E-state index is 14.5. The minimum atomic E-state index is -0.590. The maximum absolute atomic E-state index is 14.5. The monoisotopic (exact) mass is 406 g/mol. The topological polar surface area (TPSA) is 66.0 Å². The Hall–Kier alpha value is -3.19. The lowest BCUT2D eigenvalue weighted by Crippen LogP contribution is -2.43. The fourth-order valence-corrected chi connectivity index (χ4v) is 4.58. The summed E-state index contributed by atoms with van der Waals surface area (Å²) in [5, 5.41) is 7.92. The average Bonchev–Trinajstić information content (AvgIpc) is 3.07. The van der Waals surface area contributed by atoms with E-state index in [2.05, 4.69) is 21.9 Å². The van der Waals surface area contributed by atoms with Gasteiger partial charge in [0.25, 0.3) is 0 Å². The molecule has 0 amide bonds. The minimum Gasteiger partial charge on any atom is -0.464 e. The molecule has 0 saturated heterocycles. The van der Waals surface area contributed by atoms with Crippen molar-refractivity contribution in [2.45, 2.75) is 19.4 Å². The van der Waals surface area contributed by atoms with E-state index in [4.69, 9.17) is 4.74 Å². The van der Waals surface area contributed by atoms with E-state index in [1.165, 1.54) is 6.07 Å². The number of halogens is 1. The van der Waals surface area contributed by atoms with Crippen molar-refractivity contribution in [1.82, 2.24) is 15.6 Å². The molecule has 0 bridgehead atoms. The number of carbonyl (C=O) groups excluding carboxylic acids is 1. The summed E-state index contributed by atoms with van der Waals surface area (Å²) >= 11 is 0. The fourth-order valence-electron chi connectivity index (χ4n) is 4.58. The zero-order valence-corrected chi connectivity index (χ0v) is 17.0. The molecule has 6 nitrogen and oxygen atoms in total. The van der Waals surface area contributed by atoms with E-state index in [1.807, 2.05) is 30.3 Å². The lowest BCUT2D eigenvalue weighted by Gasteiger charge is -2.36. The van der Waals surface area contributed by atoms with Crippen molar-refractivity contribution in [2.75, 3.05) is 26.7 Å². The predicted octanol–water partition coefficient (Wildman–Crippen LogP) is 2.55. The quantitative estimate of drug-likeness (QED) is 0.756. The molecular weight excluding hydrogens is 383 g/mol. The van der Waals surface area contributed by atoms with Gasteiger partial charge in [-0.25, -0.2) is 9.18 Å². The van der Waals surface area contributed by atoms with Crippen molar-refractivity contribution in [3.63, 3.8) is 0 Å². The molecule has 154 valence electrons. The van der Waals surface area contributed by atoms with E-state index in [0.717, 1.165) is 64.3 Å². The number of rotatable bonds is 3. The molecule has 1 aliphatic carbocycles. The van der Waals surface area contributed by atoms with Crippen LogP contribution < -0.4 is 10.7 Å². The van der Waals surface area contributed by atoms with Gasteiger partial charge in [-0.15, -0.1) is 0 Å². The van der Waals surface area contributed by atoms with Crippen molar-refractivity contribution in [2.24, 2.45) is 5.10 Å². The molecule has 7 heteroatoms. The van der Waals surface area contributed by atoms with Gasteiger partial charge in [-0.1, -0.05) is 12.2 Å². The lowest BCUT2D eigenvalue weighted by molar-refractivity contribution is -0.146. The summed E-state index contributed by atoms with van der Waals surface area (Å²) in [6.45, 7) is 3.67. The standard InChI is InChI=1S/C23H23FN4O2/c1-3-30-23(29)22-20(13-6-8-25-9-7-13)21-17(12-28(22)2)16-11-15(24)10-14-4-5-18(19(14)16)26-27-21/h4-6,10-12,22,25,27H,3,7-9H2,1-2H3. The Morgan fingerprint density at radius 3 is 3.00 bits per heavy atom. The zero-order chi connectivity index (χ0) is 20.8. The highest BCUT2D eigenvalue weighted by molar-refractivity contribution is 6.20. The molecule has 1 atom stereocenters. The van der Waals surface area contributed by atoms with Crippen LogP contribution in [0.4, 0.5) is 4.39 Å². The van der Waals surface area contributed by atoms with Crippen LogP contribution in [0.25, 0.3) is 11.6 Å². The number of benzene rings is 1. The number of hydrogen-bond acceptors (Lipinski definition) is 6. The first-order valence-electron chi connectivity index (χ1n) is 10.2. The van der Waals surface area contributed by atoms with Gasteiger partial charge in [0, 0.05) is 36.5 Å². The molecule has 1 aromatic rings. The number of likely N-dealkylation sites (N-methyl/N-ethyl adjacent to an activating group) is 1. The normalized spacial score (nSPS) is 21.8. The zero-order valence-electron chi connectivity index (χ0n) is 17.0. The van der Waals surface area contributed by atoms with E-state index < -0.39 is 6.04 Å². The van der Waals surface area contributed by atoms with Gasteiger partial charge >= 0.3 is 5.97 Å². The van der Waals surface area contributed by atoms with Crippen LogP contribution in [-0.4, -0.2) is 49.4 Å². The number of hydrogen-bond donors (Lipinski definition) is 2. The molecule has 0 radical (unpaired) electrons. The van der Waals surface area contributed by atoms with Crippen LogP contribution in [0, 0.1) is 5.82 Å². The second kappa shape index (κ2) is 7.25. The van der Waals surface area contributed by atoms with Gasteiger partial charge in [0.1, 0.15) is 5.82 Å². The lowest BCUT2D eigenvalue weighted by atomic mass is 9.84. The molecule has 0 fully saturated rings. The second-order valence-corrected chi connectivity index (χ2v) is 7.69. The van der Waals surface area contributed by atoms with Crippen molar-refractivity contribution in [1.29, 1.82) is 0 Å². The summed E-state index contributed by atoms with van der Waals surface area (Å²) in [6, 6.07) is 2.48. The van der Waals surface area contributed by atoms with Crippen LogP contribution in [0.5, 0.6) is 0 Å². The number of fused-ring (bicyclic) bond motifs is 2. The highest BCUT2D eigenvalue weighted by Gasteiger charge is 2.39. The van der Waals surface area contributed by atoms with Gasteiger partial charge in [-0.3, -0.25) is 5.43 Å². The summed E-state index contributed by atoms with van der Waals surface area (Å²) in [4.78, 5) is 14.8. The SMILES string of the molecule is CCOC(=O)C1C(C2=CCNCC2)=C2NN=C3C=Cc4cc(F)cc(c43)C2=CN1C. The van der Waals surface area contributed by atoms with Crippen LogP contribution in [0.1, 0.15) is 30.0 Å². The molecule has 0 saturated carbocycles. The summed E-state index contributed by atoms with van der Waals surface area (Å²) in [6.07, 6.45) is 8.54. The summed E-state index contributed by atoms with van der Waals surface area (Å²) in [5.41, 5.74) is 9.95. The molecule has 4 aliphatic rings. The number of hydrazone groups is 1. The number of carbonyl (C=O) groups is 1. The first-order chi connectivity index (χ1) is 14.6. The summed E-state index contributed by atoms with van der Waals surface area (Å²) in [5.74, 6) is -0.603. The van der Waals surface area contributed by atoms with E-state index in [9.17, 15) is 9.18 Å². The fraction of sp³-hybridized carbons (Fsp3) is 0.304. The van der Waals surface area contributed by atoms with Gasteiger partial charge in [0.15, 0.2) is 6.04 Å². The van der Waals surface area contributed by atoms with E-state index in [-0.39, 0.29) is 11.8 Å². The third-order valence-electron chi connectivity index (χ3n) is 5.86.